The molecule has 10 rings (SSSR count). The van der Waals surface area contributed by atoms with E-state index < -0.39 is 0 Å². The van der Waals surface area contributed by atoms with Gasteiger partial charge in [0.05, 0.1) is 67.9 Å². The Morgan fingerprint density at radius 3 is 1.53 bits per heavy atom. The van der Waals surface area contributed by atoms with Crippen molar-refractivity contribution in [1.29, 1.82) is 0 Å². The molecule has 11 nitrogen and oxygen atoms in total. The maximum atomic E-state index is 10.5. The van der Waals surface area contributed by atoms with Crippen LogP contribution in [0.3, 0.4) is 0 Å². The fourth-order valence-electron chi connectivity index (χ4n) is 9.49. The highest BCUT2D eigenvalue weighted by Gasteiger charge is 2.29. The Balaban J connectivity index is 1.47. The molecule has 0 amide bonds. The van der Waals surface area contributed by atoms with Crippen LogP contribution in [0.2, 0.25) is 0 Å². The zero-order chi connectivity index (χ0) is 46.9. The third-order valence-corrected chi connectivity index (χ3v) is 12.8. The van der Waals surface area contributed by atoms with E-state index in [-0.39, 0.29) is 13.2 Å². The molecule has 0 aliphatic carbocycles. The van der Waals surface area contributed by atoms with Crippen LogP contribution in [0.1, 0.15) is 29.1 Å². The molecule has 0 atom stereocenters. The van der Waals surface area contributed by atoms with Gasteiger partial charge in [0.25, 0.3) is 0 Å². The van der Waals surface area contributed by atoms with Gasteiger partial charge < -0.3 is 38.7 Å². The number of fused-ring (bicyclic) bond motifs is 11. The third kappa shape index (κ3) is 7.95. The number of aryl methyl sites for hydroxylation is 2. The molecule has 4 aromatic heterocycles. The fraction of sp³-hybridized carbons (Fsp3) is 0.175. The highest BCUT2D eigenvalue weighted by molar-refractivity contribution is 6.05. The van der Waals surface area contributed by atoms with Crippen LogP contribution in [0, 0.1) is 0 Å². The molecule has 4 aromatic carbocycles. The normalized spacial score (nSPS) is 11.7. The van der Waals surface area contributed by atoms with E-state index in [1.807, 2.05) is 72.8 Å². The lowest BCUT2D eigenvalue weighted by Crippen LogP contribution is -2.04. The first kappa shape index (κ1) is 43.9. The van der Waals surface area contributed by atoms with Crippen LogP contribution in [-0.2, 0) is 19.9 Å². The van der Waals surface area contributed by atoms with E-state index >= 15 is 0 Å². The number of methoxy groups -OCH3 is 4. The van der Waals surface area contributed by atoms with Gasteiger partial charge in [0.15, 0.2) is 0 Å². The Morgan fingerprint density at radius 2 is 0.985 bits per heavy atom. The zero-order valence-corrected chi connectivity index (χ0v) is 38.6. The van der Waals surface area contributed by atoms with Crippen molar-refractivity contribution in [1.82, 2.24) is 24.5 Å². The Bertz CT molecular complexity index is 3440. The van der Waals surface area contributed by atoms with Crippen LogP contribution in [0.15, 0.2) is 127 Å². The van der Waals surface area contributed by atoms with Gasteiger partial charge in [-0.05, 0) is 138 Å². The summed E-state index contributed by atoms with van der Waals surface area (Å²) in [5, 5.41) is 20.5. The zero-order valence-electron chi connectivity index (χ0n) is 38.6. The molecule has 0 unspecified atom stereocenters. The molecule has 0 spiro atoms. The molecule has 2 aliphatic heterocycles. The molecule has 11 heteroatoms. The molecular formula is C57H51N5O6. The topological polar surface area (TPSA) is 137 Å². The molecule has 2 aliphatic rings. The number of nitrogens with one attached hydrogen (secondary N) is 1. The van der Waals surface area contributed by atoms with Crippen molar-refractivity contribution < 1.29 is 29.2 Å². The predicted octanol–water partition coefficient (Wildman–Crippen LogP) is 11.4. The second kappa shape index (κ2) is 18.7. The van der Waals surface area contributed by atoms with Crippen LogP contribution in [0.5, 0.6) is 23.0 Å². The predicted molar refractivity (Wildman–Crippen MR) is 271 cm³/mol. The quantitative estimate of drug-likeness (QED) is 0.103. The number of hydrogen-bond acceptors (Lipinski definition) is 9. The van der Waals surface area contributed by atoms with Gasteiger partial charge in [-0.3, -0.25) is 4.98 Å². The number of pyridine rings is 1. The van der Waals surface area contributed by atoms with Gasteiger partial charge in [0.2, 0.25) is 0 Å². The number of aliphatic hydroxyl groups excluding tert-OH is 2. The second-order valence-electron chi connectivity index (χ2n) is 16.7. The van der Waals surface area contributed by atoms with Crippen molar-refractivity contribution in [2.75, 3.05) is 41.7 Å². The molecule has 8 aromatic rings. The van der Waals surface area contributed by atoms with Gasteiger partial charge in [-0.2, -0.15) is 0 Å². The van der Waals surface area contributed by atoms with Gasteiger partial charge in [-0.25, -0.2) is 9.97 Å². The summed E-state index contributed by atoms with van der Waals surface area (Å²) in [7, 11) is 8.76. The highest BCUT2D eigenvalue weighted by atomic mass is 16.5. The first-order valence-electron chi connectivity index (χ1n) is 22.6. The van der Waals surface area contributed by atoms with Crippen molar-refractivity contribution in [2.24, 2.45) is 7.05 Å². The first-order valence-corrected chi connectivity index (χ1v) is 22.6. The van der Waals surface area contributed by atoms with Gasteiger partial charge in [-0.1, -0.05) is 48.5 Å². The Hall–Kier alpha value is -7.99. The van der Waals surface area contributed by atoms with Crippen molar-refractivity contribution in [3.05, 3.63) is 150 Å². The lowest BCUT2D eigenvalue weighted by molar-refractivity contribution is 0.287. The lowest BCUT2D eigenvalue weighted by atomic mass is 9.94. The minimum Gasteiger partial charge on any atom is -0.497 e. The van der Waals surface area contributed by atoms with Crippen LogP contribution in [-0.4, -0.2) is 76.4 Å². The van der Waals surface area contributed by atoms with E-state index in [1.165, 1.54) is 0 Å². The lowest BCUT2D eigenvalue weighted by Gasteiger charge is -2.14. The average molecular weight is 902 g/mol. The van der Waals surface area contributed by atoms with E-state index in [1.54, 1.807) is 28.4 Å². The van der Waals surface area contributed by atoms with Crippen molar-refractivity contribution in [2.45, 2.75) is 19.3 Å². The highest BCUT2D eigenvalue weighted by Crippen LogP contribution is 2.48. The molecule has 0 saturated carbocycles. The maximum absolute atomic E-state index is 10.5. The number of aromatic amines is 1. The maximum Gasteiger partial charge on any atom is 0.119 e. The Labute approximate surface area is 394 Å². The number of hydrogen-bond donors (Lipinski definition) is 3. The SMILES string of the molecule is COc1cccc(-c2c3nc(c(-c4cccc(OC)c4)c4ccc(c(-c5cccc(OC)c5)c5nc(c(-c6cccc(OC)c6)c6ccc2[nH]6)-c2nc(CCCO)c(CCO)cc2-5)n4C)C=C3)c1. The average Bonchev–Trinajstić information content (AvgIpc) is 4.20. The number of ether oxygens (including phenoxy) is 4. The molecular weight excluding hydrogens is 851 g/mol. The largest absolute Gasteiger partial charge is 0.497 e. The standard InChI is InChI=1S/C57H51N5O6/c1-62-49-24-25-50(62)54(38-14-9-18-42(32-38)68-5)55-43-33-34(26-28-64)44(19-10-27-63)60-56(43)57(61-55)53(37-13-8-17-41(31-37)67-4)48-23-21-46(59-48)51(35-11-6-15-39(29-35)65-2)45-20-22-47(58-45)52(49)36-12-7-16-40(30-36)66-3/h6-9,11-18,20-25,29-33,59,63-64H,10,19,26-28H2,1-5H3. The Morgan fingerprint density at radius 1 is 0.485 bits per heavy atom. The van der Waals surface area contributed by atoms with E-state index in [2.05, 4.69) is 83.3 Å². The molecule has 0 fully saturated rings. The van der Waals surface area contributed by atoms with Gasteiger partial charge in [0.1, 0.15) is 23.0 Å². The van der Waals surface area contributed by atoms with E-state index in [0.717, 1.165) is 106 Å². The molecule has 68 heavy (non-hydrogen) atoms. The van der Waals surface area contributed by atoms with Gasteiger partial charge in [0, 0.05) is 64.8 Å². The van der Waals surface area contributed by atoms with E-state index in [9.17, 15) is 10.2 Å². The van der Waals surface area contributed by atoms with E-state index in [0.29, 0.717) is 47.8 Å². The third-order valence-electron chi connectivity index (χ3n) is 12.8. The van der Waals surface area contributed by atoms with Crippen LogP contribution in [0.25, 0.3) is 101 Å². The summed E-state index contributed by atoms with van der Waals surface area (Å²) in [6.45, 7) is -0.0613. The van der Waals surface area contributed by atoms with Crippen LogP contribution >= 0.6 is 0 Å². The minimum atomic E-state index is -0.0674. The number of rotatable bonds is 13. The minimum absolute atomic E-state index is 0.00614. The molecule has 0 radical (unpaired) electrons. The van der Waals surface area contributed by atoms with E-state index in [4.69, 9.17) is 33.9 Å². The summed E-state index contributed by atoms with van der Waals surface area (Å²) >= 11 is 0. The molecule has 0 saturated heterocycles. The number of aromatic nitrogens is 5. The molecule has 8 bridgehead atoms. The van der Waals surface area contributed by atoms with Crippen LogP contribution < -0.4 is 18.9 Å². The number of nitrogens with zero attached hydrogens (tertiary/aromatic N) is 4. The summed E-state index contributed by atoms with van der Waals surface area (Å²) in [6, 6.07) is 42.7. The second-order valence-corrected chi connectivity index (χ2v) is 16.7. The van der Waals surface area contributed by atoms with Crippen molar-refractivity contribution >= 4 is 34.2 Å². The monoisotopic (exact) mass is 901 g/mol. The summed E-state index contributed by atoms with van der Waals surface area (Å²) in [5.74, 6) is 2.83. The van der Waals surface area contributed by atoms with Gasteiger partial charge in [-0.15, -0.1) is 0 Å². The Kier molecular flexibility index (Phi) is 12.1. The van der Waals surface area contributed by atoms with Crippen LogP contribution in [0.4, 0.5) is 0 Å². The van der Waals surface area contributed by atoms with Crippen molar-refractivity contribution in [3.8, 4) is 90.2 Å². The summed E-state index contributed by atoms with van der Waals surface area (Å²) in [5.41, 5.74) is 16.6. The summed E-state index contributed by atoms with van der Waals surface area (Å²) in [6.07, 6.45) is 5.58. The molecule has 3 N–H and O–H groups in total. The number of aliphatic hydroxyl groups is 2. The fourth-order valence-corrected chi connectivity index (χ4v) is 9.49. The molecule has 6 heterocycles. The first-order chi connectivity index (χ1) is 33.3. The van der Waals surface area contributed by atoms with Gasteiger partial charge >= 0.3 is 0 Å². The smallest absolute Gasteiger partial charge is 0.119 e. The summed E-state index contributed by atoms with van der Waals surface area (Å²) in [4.78, 5) is 20.6. The number of benzene rings is 4. The van der Waals surface area contributed by atoms with Crippen molar-refractivity contribution in [3.63, 3.8) is 0 Å². The summed E-state index contributed by atoms with van der Waals surface area (Å²) < 4.78 is 25.5. The molecule has 340 valence electrons. The number of H-pyrrole nitrogens is 1.